The molecule has 0 heterocycles. The average molecular weight is 427 g/mol. The number of ether oxygens (including phenoxy) is 2. The van der Waals surface area contributed by atoms with E-state index in [1.165, 1.54) is 44.9 Å². The van der Waals surface area contributed by atoms with E-state index in [0.29, 0.717) is 19.4 Å². The lowest BCUT2D eigenvalue weighted by atomic mass is 10.1. The molecule has 1 unspecified atom stereocenters. The van der Waals surface area contributed by atoms with E-state index in [1.807, 2.05) is 0 Å². The first-order chi connectivity index (χ1) is 14.6. The van der Waals surface area contributed by atoms with Gasteiger partial charge in [-0.25, -0.2) is 0 Å². The molecule has 30 heavy (non-hydrogen) atoms. The number of carbonyl (C=O) groups is 2. The summed E-state index contributed by atoms with van der Waals surface area (Å²) >= 11 is 0. The minimum atomic E-state index is -0.0467. The van der Waals surface area contributed by atoms with Crippen molar-refractivity contribution in [1.29, 1.82) is 0 Å². The van der Waals surface area contributed by atoms with Crippen LogP contribution in [-0.2, 0) is 19.1 Å². The molecule has 178 valence electrons. The minimum Gasteiger partial charge on any atom is -0.466 e. The van der Waals surface area contributed by atoms with E-state index in [9.17, 15) is 9.59 Å². The first-order valence-electron chi connectivity index (χ1n) is 13.0. The van der Waals surface area contributed by atoms with Gasteiger partial charge in [0, 0.05) is 12.8 Å². The van der Waals surface area contributed by atoms with E-state index < -0.39 is 0 Å². The van der Waals surface area contributed by atoms with Crippen LogP contribution in [-0.4, -0.2) is 24.6 Å². The van der Waals surface area contributed by atoms with Crippen LogP contribution in [0.4, 0.5) is 0 Å². The van der Waals surface area contributed by atoms with E-state index in [2.05, 4.69) is 20.8 Å². The van der Waals surface area contributed by atoms with E-state index in [4.69, 9.17) is 9.47 Å². The van der Waals surface area contributed by atoms with Crippen molar-refractivity contribution in [3.63, 3.8) is 0 Å². The highest BCUT2D eigenvalue weighted by Gasteiger charge is 2.11. The summed E-state index contributed by atoms with van der Waals surface area (Å²) in [6.07, 6.45) is 20.4. The zero-order valence-corrected chi connectivity index (χ0v) is 20.4. The van der Waals surface area contributed by atoms with Crippen molar-refractivity contribution in [3.8, 4) is 0 Å². The molecule has 0 N–H and O–H groups in total. The van der Waals surface area contributed by atoms with Crippen LogP contribution >= 0.6 is 0 Å². The normalized spacial score (nSPS) is 12.0. The summed E-state index contributed by atoms with van der Waals surface area (Å²) in [5.41, 5.74) is 0. The van der Waals surface area contributed by atoms with Crippen LogP contribution in [0.2, 0.25) is 0 Å². The van der Waals surface area contributed by atoms with E-state index in [1.54, 1.807) is 0 Å². The first kappa shape index (κ1) is 28.9. The van der Waals surface area contributed by atoms with Crippen molar-refractivity contribution in [2.24, 2.45) is 0 Å². The highest BCUT2D eigenvalue weighted by Crippen LogP contribution is 2.12. The van der Waals surface area contributed by atoms with Gasteiger partial charge in [-0.3, -0.25) is 9.59 Å². The van der Waals surface area contributed by atoms with Gasteiger partial charge in [0.1, 0.15) is 6.10 Å². The second-order valence-electron chi connectivity index (χ2n) is 8.63. The smallest absolute Gasteiger partial charge is 0.306 e. The van der Waals surface area contributed by atoms with Gasteiger partial charge in [-0.2, -0.15) is 0 Å². The molecule has 4 nitrogen and oxygen atoms in total. The summed E-state index contributed by atoms with van der Waals surface area (Å²) < 4.78 is 10.8. The molecule has 0 aliphatic rings. The molecular formula is C26H50O4. The third-order valence-electron chi connectivity index (χ3n) is 5.64. The molecular weight excluding hydrogens is 376 g/mol. The molecule has 0 aromatic heterocycles. The SMILES string of the molecule is CCCCCCCCCCOC(=O)CCCCCCCCC(=O)OC(CC)CCC. The van der Waals surface area contributed by atoms with Gasteiger partial charge in [-0.05, 0) is 32.1 Å². The molecule has 0 bridgehead atoms. The van der Waals surface area contributed by atoms with Crippen molar-refractivity contribution in [2.45, 2.75) is 149 Å². The number of hydrogen-bond donors (Lipinski definition) is 0. The van der Waals surface area contributed by atoms with Gasteiger partial charge in [-0.15, -0.1) is 0 Å². The van der Waals surface area contributed by atoms with Crippen molar-refractivity contribution in [3.05, 3.63) is 0 Å². The monoisotopic (exact) mass is 426 g/mol. The highest BCUT2D eigenvalue weighted by atomic mass is 16.5. The van der Waals surface area contributed by atoms with Gasteiger partial charge in [-0.1, -0.05) is 97.8 Å². The van der Waals surface area contributed by atoms with Gasteiger partial charge >= 0.3 is 11.9 Å². The Labute approximate surface area is 186 Å². The van der Waals surface area contributed by atoms with Crippen molar-refractivity contribution in [1.82, 2.24) is 0 Å². The molecule has 0 saturated carbocycles. The van der Waals surface area contributed by atoms with Crippen LogP contribution in [0.5, 0.6) is 0 Å². The third-order valence-corrected chi connectivity index (χ3v) is 5.64. The highest BCUT2D eigenvalue weighted by molar-refractivity contribution is 5.69. The Morgan fingerprint density at radius 3 is 1.63 bits per heavy atom. The molecule has 0 amide bonds. The summed E-state index contributed by atoms with van der Waals surface area (Å²) in [5.74, 6) is -0.0900. The topological polar surface area (TPSA) is 52.6 Å². The van der Waals surface area contributed by atoms with E-state index in [0.717, 1.165) is 64.2 Å². The van der Waals surface area contributed by atoms with Crippen LogP contribution in [0.3, 0.4) is 0 Å². The zero-order valence-electron chi connectivity index (χ0n) is 20.4. The molecule has 0 aliphatic carbocycles. The number of hydrogen-bond acceptors (Lipinski definition) is 4. The molecule has 0 aromatic carbocycles. The lowest BCUT2D eigenvalue weighted by Crippen LogP contribution is -2.16. The van der Waals surface area contributed by atoms with Gasteiger partial charge < -0.3 is 9.47 Å². The van der Waals surface area contributed by atoms with Crippen LogP contribution in [0.15, 0.2) is 0 Å². The summed E-state index contributed by atoms with van der Waals surface area (Å²) in [6.45, 7) is 7.01. The van der Waals surface area contributed by atoms with E-state index >= 15 is 0 Å². The van der Waals surface area contributed by atoms with Crippen LogP contribution in [0.25, 0.3) is 0 Å². The van der Waals surface area contributed by atoms with Gasteiger partial charge in [0.15, 0.2) is 0 Å². The van der Waals surface area contributed by atoms with Gasteiger partial charge in [0.05, 0.1) is 6.61 Å². The van der Waals surface area contributed by atoms with Crippen LogP contribution in [0.1, 0.15) is 143 Å². The Balaban J connectivity index is 3.36. The Bertz CT molecular complexity index is 394. The van der Waals surface area contributed by atoms with Crippen molar-refractivity contribution in [2.75, 3.05) is 6.61 Å². The van der Waals surface area contributed by atoms with Crippen LogP contribution in [0, 0.1) is 0 Å². The zero-order chi connectivity index (χ0) is 22.3. The summed E-state index contributed by atoms with van der Waals surface area (Å²) in [5, 5.41) is 0. The molecule has 4 heteroatoms. The van der Waals surface area contributed by atoms with Crippen molar-refractivity contribution >= 4 is 11.9 Å². The predicted molar refractivity (Wildman–Crippen MR) is 126 cm³/mol. The molecule has 0 spiro atoms. The molecule has 0 saturated heterocycles. The fourth-order valence-electron chi connectivity index (χ4n) is 3.65. The van der Waals surface area contributed by atoms with Gasteiger partial charge in [0.25, 0.3) is 0 Å². The second kappa shape index (κ2) is 22.6. The molecule has 0 fully saturated rings. The third kappa shape index (κ3) is 20.2. The Hall–Kier alpha value is -1.06. The summed E-state index contributed by atoms with van der Waals surface area (Å²) in [6, 6.07) is 0. The largest absolute Gasteiger partial charge is 0.466 e. The summed E-state index contributed by atoms with van der Waals surface area (Å²) in [7, 11) is 0. The quantitative estimate of drug-likeness (QED) is 0.130. The molecule has 1 atom stereocenters. The fraction of sp³-hybridized carbons (Fsp3) is 0.923. The Kier molecular flexibility index (Phi) is 21.8. The molecule has 0 aromatic rings. The molecule has 0 aliphatic heterocycles. The number of carbonyl (C=O) groups excluding carboxylic acids is 2. The fourth-order valence-corrected chi connectivity index (χ4v) is 3.65. The maximum absolute atomic E-state index is 11.8. The number of rotatable bonds is 22. The average Bonchev–Trinajstić information content (AvgIpc) is 2.74. The standard InChI is InChI=1S/C26H50O4/c1-4-7-8-9-10-13-16-19-23-29-25(27)21-17-14-11-12-15-18-22-26(28)30-24(6-3)20-5-2/h24H,4-23H2,1-3H3. The van der Waals surface area contributed by atoms with Crippen LogP contribution < -0.4 is 0 Å². The van der Waals surface area contributed by atoms with Crippen molar-refractivity contribution < 1.29 is 19.1 Å². The summed E-state index contributed by atoms with van der Waals surface area (Å²) in [4.78, 5) is 23.6. The Morgan fingerprint density at radius 2 is 1.10 bits per heavy atom. The molecule has 0 radical (unpaired) electrons. The molecule has 0 rings (SSSR count). The van der Waals surface area contributed by atoms with Gasteiger partial charge in [0.2, 0.25) is 0 Å². The Morgan fingerprint density at radius 1 is 0.600 bits per heavy atom. The second-order valence-corrected chi connectivity index (χ2v) is 8.63. The minimum absolute atomic E-state index is 0.0433. The first-order valence-corrected chi connectivity index (χ1v) is 13.0. The number of unbranched alkanes of at least 4 members (excludes halogenated alkanes) is 12. The maximum Gasteiger partial charge on any atom is 0.306 e. The lowest BCUT2D eigenvalue weighted by Gasteiger charge is -2.15. The predicted octanol–water partition coefficient (Wildman–Crippen LogP) is 7.91. The maximum atomic E-state index is 11.8. The lowest BCUT2D eigenvalue weighted by molar-refractivity contribution is -0.149. The number of esters is 2. The van der Waals surface area contributed by atoms with E-state index in [-0.39, 0.29) is 18.0 Å².